The summed E-state index contributed by atoms with van der Waals surface area (Å²) in [5.41, 5.74) is 0. The number of hydrogen-bond acceptors (Lipinski definition) is 5. The van der Waals surface area contributed by atoms with E-state index >= 15 is 0 Å². The highest BCUT2D eigenvalue weighted by Crippen LogP contribution is 2.24. The van der Waals surface area contributed by atoms with Gasteiger partial charge < -0.3 is 14.3 Å². The Morgan fingerprint density at radius 3 is 2.70 bits per heavy atom. The fourth-order valence-corrected chi connectivity index (χ4v) is 3.92. The summed E-state index contributed by atoms with van der Waals surface area (Å²) in [6.45, 7) is 6.36. The predicted octanol–water partition coefficient (Wildman–Crippen LogP) is 2.09. The molecule has 0 radical (unpaired) electrons. The van der Waals surface area contributed by atoms with Gasteiger partial charge in [-0.15, -0.1) is 0 Å². The first kappa shape index (κ1) is 17.0. The van der Waals surface area contributed by atoms with Crippen LogP contribution in [0.25, 0.3) is 0 Å². The Kier molecular flexibility index (Phi) is 6.11. The molecule has 0 bridgehead atoms. The molecular formula is C18H30N2O3. The average molecular weight is 322 g/mol. The van der Waals surface area contributed by atoms with Gasteiger partial charge in [0.15, 0.2) is 0 Å². The van der Waals surface area contributed by atoms with Crippen molar-refractivity contribution in [2.24, 2.45) is 5.92 Å². The number of aliphatic hydroxyl groups excluding tert-OH is 1. The molecule has 0 aromatic carbocycles. The smallest absolute Gasteiger partial charge is 0.129 e. The van der Waals surface area contributed by atoms with Gasteiger partial charge in [0.2, 0.25) is 0 Å². The lowest BCUT2D eigenvalue weighted by Crippen LogP contribution is -2.50. The lowest BCUT2D eigenvalue weighted by atomic mass is 9.94. The standard InChI is InChI=1S/C18H30N2O3/c1-22-14-18-5-4-17(23-18)12-19-8-2-3-16(11-19)20-9-6-15(13-21)7-10-20/h4-5,15-16,21H,2-3,6-14H2,1H3. The Morgan fingerprint density at radius 1 is 1.17 bits per heavy atom. The molecule has 1 N–H and O–H groups in total. The van der Waals surface area contributed by atoms with Crippen molar-refractivity contribution in [3.63, 3.8) is 0 Å². The number of ether oxygens (including phenoxy) is 1. The van der Waals surface area contributed by atoms with E-state index in [9.17, 15) is 5.11 Å². The maximum absolute atomic E-state index is 9.29. The first-order chi connectivity index (χ1) is 11.3. The van der Waals surface area contributed by atoms with E-state index in [4.69, 9.17) is 9.15 Å². The van der Waals surface area contributed by atoms with Gasteiger partial charge in [-0.25, -0.2) is 0 Å². The third kappa shape index (κ3) is 4.57. The zero-order valence-corrected chi connectivity index (χ0v) is 14.2. The van der Waals surface area contributed by atoms with Crippen LogP contribution in [0.2, 0.25) is 0 Å². The number of furan rings is 1. The fraction of sp³-hybridized carbons (Fsp3) is 0.778. The number of rotatable bonds is 6. The van der Waals surface area contributed by atoms with E-state index in [1.807, 2.05) is 6.07 Å². The van der Waals surface area contributed by atoms with E-state index in [1.165, 1.54) is 12.8 Å². The third-order valence-electron chi connectivity index (χ3n) is 5.29. The Hall–Kier alpha value is -0.880. The molecule has 0 amide bonds. The number of methoxy groups -OCH3 is 1. The first-order valence-corrected chi connectivity index (χ1v) is 8.92. The summed E-state index contributed by atoms with van der Waals surface area (Å²) in [4.78, 5) is 5.15. The van der Waals surface area contributed by atoms with Crippen LogP contribution in [0.5, 0.6) is 0 Å². The van der Waals surface area contributed by atoms with E-state index < -0.39 is 0 Å². The SMILES string of the molecule is COCc1ccc(CN2CCCC(N3CCC(CO)CC3)C2)o1. The molecule has 1 atom stereocenters. The highest BCUT2D eigenvalue weighted by molar-refractivity contribution is 5.06. The van der Waals surface area contributed by atoms with Gasteiger partial charge in [-0.05, 0) is 63.4 Å². The second kappa shape index (κ2) is 8.29. The van der Waals surface area contributed by atoms with E-state index in [0.29, 0.717) is 25.2 Å². The quantitative estimate of drug-likeness (QED) is 0.869. The van der Waals surface area contributed by atoms with Gasteiger partial charge in [0.05, 0.1) is 6.54 Å². The van der Waals surface area contributed by atoms with Gasteiger partial charge >= 0.3 is 0 Å². The van der Waals surface area contributed by atoms with E-state index in [1.54, 1.807) is 7.11 Å². The summed E-state index contributed by atoms with van der Waals surface area (Å²) in [6, 6.07) is 4.75. The Balaban J connectivity index is 1.49. The zero-order valence-electron chi connectivity index (χ0n) is 14.2. The molecule has 2 aliphatic rings. The fourth-order valence-electron chi connectivity index (χ4n) is 3.92. The van der Waals surface area contributed by atoms with E-state index in [-0.39, 0.29) is 0 Å². The van der Waals surface area contributed by atoms with Crippen LogP contribution in [0.1, 0.15) is 37.2 Å². The highest BCUT2D eigenvalue weighted by Gasteiger charge is 2.28. The van der Waals surface area contributed by atoms with Gasteiger partial charge in [-0.3, -0.25) is 9.80 Å². The van der Waals surface area contributed by atoms with Gasteiger partial charge in [-0.1, -0.05) is 0 Å². The maximum Gasteiger partial charge on any atom is 0.129 e. The molecule has 1 aromatic heterocycles. The minimum absolute atomic E-state index is 0.354. The summed E-state index contributed by atoms with van der Waals surface area (Å²) in [6.07, 6.45) is 4.85. The van der Waals surface area contributed by atoms with Gasteiger partial charge in [0, 0.05) is 26.3 Å². The van der Waals surface area contributed by atoms with Crippen molar-refractivity contribution in [1.82, 2.24) is 9.80 Å². The Morgan fingerprint density at radius 2 is 1.96 bits per heavy atom. The molecule has 2 aliphatic heterocycles. The minimum atomic E-state index is 0.354. The molecule has 2 fully saturated rings. The van der Waals surface area contributed by atoms with Gasteiger partial charge in [-0.2, -0.15) is 0 Å². The van der Waals surface area contributed by atoms with Crippen LogP contribution in [0.4, 0.5) is 0 Å². The van der Waals surface area contributed by atoms with Crippen LogP contribution < -0.4 is 0 Å². The van der Waals surface area contributed by atoms with Crippen LogP contribution >= 0.6 is 0 Å². The van der Waals surface area contributed by atoms with Crippen molar-refractivity contribution in [2.75, 3.05) is 39.9 Å². The topological polar surface area (TPSA) is 49.1 Å². The molecular weight excluding hydrogens is 292 g/mol. The summed E-state index contributed by atoms with van der Waals surface area (Å²) < 4.78 is 10.9. The molecule has 1 aromatic rings. The van der Waals surface area contributed by atoms with Crippen LogP contribution in [0, 0.1) is 5.92 Å². The van der Waals surface area contributed by atoms with Crippen LogP contribution in [-0.2, 0) is 17.9 Å². The van der Waals surface area contributed by atoms with Gasteiger partial charge in [0.25, 0.3) is 0 Å². The summed E-state index contributed by atoms with van der Waals surface area (Å²) in [5, 5.41) is 9.29. The molecule has 130 valence electrons. The molecule has 2 saturated heterocycles. The second-order valence-corrected chi connectivity index (χ2v) is 6.99. The van der Waals surface area contributed by atoms with Crippen molar-refractivity contribution < 1.29 is 14.3 Å². The monoisotopic (exact) mass is 322 g/mol. The van der Waals surface area contributed by atoms with Crippen molar-refractivity contribution in [1.29, 1.82) is 0 Å². The molecule has 3 rings (SSSR count). The lowest BCUT2D eigenvalue weighted by Gasteiger charge is -2.42. The van der Waals surface area contributed by atoms with E-state index in [0.717, 1.165) is 57.1 Å². The third-order valence-corrected chi connectivity index (χ3v) is 5.29. The molecule has 5 nitrogen and oxygen atoms in total. The second-order valence-electron chi connectivity index (χ2n) is 6.99. The van der Waals surface area contributed by atoms with Crippen LogP contribution in [0.3, 0.4) is 0 Å². The van der Waals surface area contributed by atoms with Crippen molar-refractivity contribution in [3.8, 4) is 0 Å². The lowest BCUT2D eigenvalue weighted by molar-refractivity contribution is 0.0519. The molecule has 0 aliphatic carbocycles. The number of piperidine rings is 2. The molecule has 0 spiro atoms. The highest BCUT2D eigenvalue weighted by atomic mass is 16.5. The van der Waals surface area contributed by atoms with Crippen molar-refractivity contribution >= 4 is 0 Å². The summed E-state index contributed by atoms with van der Waals surface area (Å²) in [5.74, 6) is 2.46. The number of aliphatic hydroxyl groups is 1. The largest absolute Gasteiger partial charge is 0.462 e. The minimum Gasteiger partial charge on any atom is -0.462 e. The summed E-state index contributed by atoms with van der Waals surface area (Å²) in [7, 11) is 1.69. The van der Waals surface area contributed by atoms with Crippen molar-refractivity contribution in [3.05, 3.63) is 23.7 Å². The molecule has 1 unspecified atom stereocenters. The number of likely N-dealkylation sites (tertiary alicyclic amines) is 2. The first-order valence-electron chi connectivity index (χ1n) is 8.92. The predicted molar refractivity (Wildman–Crippen MR) is 89.1 cm³/mol. The van der Waals surface area contributed by atoms with E-state index in [2.05, 4.69) is 15.9 Å². The number of nitrogens with zero attached hydrogens (tertiary/aromatic N) is 2. The number of hydrogen-bond donors (Lipinski definition) is 1. The van der Waals surface area contributed by atoms with Crippen LogP contribution in [0.15, 0.2) is 16.5 Å². The van der Waals surface area contributed by atoms with Gasteiger partial charge in [0.1, 0.15) is 18.1 Å². The Bertz CT molecular complexity index is 469. The van der Waals surface area contributed by atoms with Crippen molar-refractivity contribution in [2.45, 2.75) is 44.9 Å². The summed E-state index contributed by atoms with van der Waals surface area (Å²) >= 11 is 0. The normalized spacial score (nSPS) is 25.0. The average Bonchev–Trinajstić information content (AvgIpc) is 3.03. The molecule has 3 heterocycles. The zero-order chi connectivity index (χ0) is 16.1. The maximum atomic E-state index is 9.29. The van der Waals surface area contributed by atoms with Crippen LogP contribution in [-0.4, -0.2) is 60.8 Å². The molecule has 23 heavy (non-hydrogen) atoms. The molecule has 0 saturated carbocycles. The Labute approximate surface area is 139 Å². The molecule has 5 heteroatoms.